The van der Waals surface area contributed by atoms with Crippen LogP contribution in [0.5, 0.6) is 11.5 Å². The van der Waals surface area contributed by atoms with E-state index in [4.69, 9.17) is 9.47 Å². The average Bonchev–Trinajstić information content (AvgIpc) is 2.73. The molecule has 7 heteroatoms. The zero-order valence-corrected chi connectivity index (χ0v) is 17.2. The number of aliphatic hydroxyl groups is 1. The normalized spacial score (nSPS) is 16.1. The summed E-state index contributed by atoms with van der Waals surface area (Å²) in [6.45, 7) is 8.13. The van der Waals surface area contributed by atoms with Crippen molar-refractivity contribution in [2.75, 3.05) is 51.8 Å². The van der Waals surface area contributed by atoms with Gasteiger partial charge in [-0.25, -0.2) is 9.97 Å². The smallest absolute Gasteiger partial charge is 0.132 e. The second-order valence-corrected chi connectivity index (χ2v) is 7.05. The molecule has 1 N–H and O–H groups in total. The Morgan fingerprint density at radius 3 is 2.46 bits per heavy atom. The molecule has 1 atom stereocenters. The predicted molar refractivity (Wildman–Crippen MR) is 109 cm³/mol. The molecule has 1 aromatic heterocycles. The highest BCUT2D eigenvalue weighted by Gasteiger charge is 2.23. The summed E-state index contributed by atoms with van der Waals surface area (Å²) in [5, 5.41) is 10.8. The fourth-order valence-corrected chi connectivity index (χ4v) is 3.53. The first kappa shape index (κ1) is 20.4. The molecule has 2 heterocycles. The van der Waals surface area contributed by atoms with Crippen molar-refractivity contribution in [1.82, 2.24) is 14.9 Å². The Kier molecular flexibility index (Phi) is 6.70. The minimum atomic E-state index is -0.635. The minimum Gasteiger partial charge on any atom is -0.497 e. The molecule has 0 amide bonds. The molecule has 0 bridgehead atoms. The van der Waals surface area contributed by atoms with Gasteiger partial charge >= 0.3 is 0 Å². The zero-order chi connectivity index (χ0) is 20.1. The third-order valence-corrected chi connectivity index (χ3v) is 5.13. The summed E-state index contributed by atoms with van der Waals surface area (Å²) in [4.78, 5) is 13.7. The number of benzene rings is 1. The second-order valence-electron chi connectivity index (χ2n) is 7.05. The molecule has 0 saturated carbocycles. The summed E-state index contributed by atoms with van der Waals surface area (Å²) in [7, 11) is 3.24. The van der Waals surface area contributed by atoms with Gasteiger partial charge in [0.1, 0.15) is 23.1 Å². The van der Waals surface area contributed by atoms with Gasteiger partial charge in [-0.3, -0.25) is 4.90 Å². The lowest BCUT2D eigenvalue weighted by atomic mass is 10.1. The Morgan fingerprint density at radius 2 is 1.82 bits per heavy atom. The number of rotatable bonds is 7. The third kappa shape index (κ3) is 4.72. The van der Waals surface area contributed by atoms with Crippen molar-refractivity contribution in [2.45, 2.75) is 26.4 Å². The third-order valence-electron chi connectivity index (χ3n) is 5.13. The van der Waals surface area contributed by atoms with Crippen LogP contribution in [0, 0.1) is 6.92 Å². The number of hydrogen-bond donors (Lipinski definition) is 1. The molecular weight excluding hydrogens is 356 g/mol. The summed E-state index contributed by atoms with van der Waals surface area (Å²) in [6.07, 6.45) is 0.202. The molecule has 152 valence electrons. The fourth-order valence-electron chi connectivity index (χ4n) is 3.53. The van der Waals surface area contributed by atoms with Crippen LogP contribution in [0.2, 0.25) is 0 Å². The lowest BCUT2D eigenvalue weighted by Gasteiger charge is -2.36. The molecule has 1 fully saturated rings. The summed E-state index contributed by atoms with van der Waals surface area (Å²) in [5.74, 6) is 3.28. The number of anilines is 1. The van der Waals surface area contributed by atoms with Gasteiger partial charge in [0.25, 0.3) is 0 Å². The average molecular weight is 386 g/mol. The van der Waals surface area contributed by atoms with Crippen LogP contribution in [0.1, 0.15) is 30.1 Å². The maximum Gasteiger partial charge on any atom is 0.132 e. The Hall–Kier alpha value is -2.38. The van der Waals surface area contributed by atoms with Gasteiger partial charge < -0.3 is 19.5 Å². The Labute approximate surface area is 166 Å². The zero-order valence-electron chi connectivity index (χ0n) is 17.2. The highest BCUT2D eigenvalue weighted by atomic mass is 16.5. The van der Waals surface area contributed by atoms with Crippen LogP contribution >= 0.6 is 0 Å². The first-order valence-electron chi connectivity index (χ1n) is 9.76. The van der Waals surface area contributed by atoms with Crippen LogP contribution in [-0.4, -0.2) is 66.9 Å². The molecular formula is C21H30N4O3. The molecule has 1 aliphatic heterocycles. The van der Waals surface area contributed by atoms with Crippen LogP contribution in [0.4, 0.5) is 5.82 Å². The number of methoxy groups -OCH3 is 2. The van der Waals surface area contributed by atoms with Crippen LogP contribution < -0.4 is 14.4 Å². The number of ether oxygens (including phenoxy) is 2. The fraction of sp³-hybridized carbons (Fsp3) is 0.524. The number of hydrogen-bond acceptors (Lipinski definition) is 7. The maximum atomic E-state index is 10.8. The quantitative estimate of drug-likeness (QED) is 0.782. The van der Waals surface area contributed by atoms with E-state index < -0.39 is 6.10 Å². The van der Waals surface area contributed by atoms with Gasteiger partial charge in [-0.1, -0.05) is 6.92 Å². The first-order chi connectivity index (χ1) is 13.5. The van der Waals surface area contributed by atoms with E-state index in [1.54, 1.807) is 14.2 Å². The monoisotopic (exact) mass is 386 g/mol. The van der Waals surface area contributed by atoms with Gasteiger partial charge in [0.05, 0.1) is 20.3 Å². The molecule has 7 nitrogen and oxygen atoms in total. The molecule has 3 rings (SSSR count). The molecule has 1 aliphatic rings. The standard InChI is InChI=1S/C21H30N4O3/c1-5-20-22-15(2)12-21(23-20)25-10-8-24(9-11-25)14-18(26)17-13-16(27-3)6-7-19(17)28-4/h6-7,12-13,18,26H,5,8-11,14H2,1-4H3/t18-/m1/s1. The SMILES string of the molecule is CCc1nc(C)cc(N2CCN(C[C@@H](O)c3cc(OC)ccc3OC)CC2)n1. The van der Waals surface area contributed by atoms with Gasteiger partial charge in [-0.2, -0.15) is 0 Å². The molecule has 0 unspecified atom stereocenters. The molecule has 28 heavy (non-hydrogen) atoms. The number of β-amino-alcohol motifs (C(OH)–C–C–N with tert-alkyl or cyclic N) is 1. The van der Waals surface area contributed by atoms with Crippen LogP contribution in [0.15, 0.2) is 24.3 Å². The van der Waals surface area contributed by atoms with Crippen LogP contribution in [0.25, 0.3) is 0 Å². The Balaban J connectivity index is 1.62. The van der Waals surface area contributed by atoms with Gasteiger partial charge in [0.2, 0.25) is 0 Å². The van der Waals surface area contributed by atoms with Crippen molar-refractivity contribution in [3.8, 4) is 11.5 Å². The summed E-state index contributed by atoms with van der Waals surface area (Å²) in [5.41, 5.74) is 1.76. The van der Waals surface area contributed by atoms with E-state index in [0.717, 1.165) is 55.5 Å². The minimum absolute atomic E-state index is 0.556. The Morgan fingerprint density at radius 1 is 1.07 bits per heavy atom. The van der Waals surface area contributed by atoms with Crippen molar-refractivity contribution < 1.29 is 14.6 Å². The van der Waals surface area contributed by atoms with Crippen molar-refractivity contribution in [3.05, 3.63) is 41.3 Å². The second kappa shape index (κ2) is 9.21. The highest BCUT2D eigenvalue weighted by molar-refractivity contribution is 5.42. The van der Waals surface area contributed by atoms with Crippen LogP contribution in [-0.2, 0) is 6.42 Å². The molecule has 1 aromatic carbocycles. The largest absolute Gasteiger partial charge is 0.497 e. The molecule has 1 saturated heterocycles. The van der Waals surface area contributed by atoms with E-state index in [0.29, 0.717) is 18.0 Å². The molecule has 2 aromatic rings. The van der Waals surface area contributed by atoms with Crippen molar-refractivity contribution in [2.24, 2.45) is 0 Å². The van der Waals surface area contributed by atoms with Crippen molar-refractivity contribution in [1.29, 1.82) is 0 Å². The molecule has 0 radical (unpaired) electrons. The highest BCUT2D eigenvalue weighted by Crippen LogP contribution is 2.30. The molecule has 0 spiro atoms. The summed E-state index contributed by atoms with van der Waals surface area (Å²) in [6, 6.07) is 7.56. The number of aromatic nitrogens is 2. The summed E-state index contributed by atoms with van der Waals surface area (Å²) < 4.78 is 10.7. The van der Waals surface area contributed by atoms with Crippen LogP contribution in [0.3, 0.4) is 0 Å². The topological polar surface area (TPSA) is 71.0 Å². The van der Waals surface area contributed by atoms with Gasteiger partial charge in [-0.15, -0.1) is 0 Å². The molecule has 0 aliphatic carbocycles. The number of aryl methyl sites for hydroxylation is 2. The summed E-state index contributed by atoms with van der Waals surface area (Å²) >= 11 is 0. The van der Waals surface area contributed by atoms with Crippen molar-refractivity contribution >= 4 is 5.82 Å². The van der Waals surface area contributed by atoms with E-state index >= 15 is 0 Å². The van der Waals surface area contributed by atoms with E-state index in [-0.39, 0.29) is 0 Å². The number of nitrogens with zero attached hydrogens (tertiary/aromatic N) is 4. The predicted octanol–water partition coefficient (Wildman–Crippen LogP) is 2.22. The van der Waals surface area contributed by atoms with Gasteiger partial charge in [0.15, 0.2) is 0 Å². The Bertz CT molecular complexity index is 791. The number of aliphatic hydroxyl groups excluding tert-OH is 1. The number of piperazine rings is 1. The van der Waals surface area contributed by atoms with E-state index in [2.05, 4.69) is 26.7 Å². The van der Waals surface area contributed by atoms with E-state index in [9.17, 15) is 5.11 Å². The first-order valence-corrected chi connectivity index (χ1v) is 9.76. The maximum absolute atomic E-state index is 10.8. The van der Waals surface area contributed by atoms with Gasteiger partial charge in [-0.05, 0) is 25.1 Å². The van der Waals surface area contributed by atoms with E-state index in [1.807, 2.05) is 31.2 Å². The van der Waals surface area contributed by atoms with E-state index in [1.165, 1.54) is 0 Å². The van der Waals surface area contributed by atoms with Gasteiger partial charge in [0, 0.05) is 56.5 Å². The lowest BCUT2D eigenvalue weighted by molar-refractivity contribution is 0.107. The van der Waals surface area contributed by atoms with Crippen molar-refractivity contribution in [3.63, 3.8) is 0 Å². The lowest BCUT2D eigenvalue weighted by Crippen LogP contribution is -2.48.